The van der Waals surface area contributed by atoms with Crippen LogP contribution in [0, 0.1) is 11.7 Å². The van der Waals surface area contributed by atoms with Crippen LogP contribution < -0.4 is 0 Å². The monoisotopic (exact) mass is 455 g/mol. The predicted octanol–water partition coefficient (Wildman–Crippen LogP) is 4.66. The SMILES string of the molecule is O=C(N1CCOCC(Cc2nccn3cccc23)C1)C1(c2c(F)cccc2Cl)CCCC1. The summed E-state index contributed by atoms with van der Waals surface area (Å²) in [6.07, 6.45) is 9.48. The Morgan fingerprint density at radius 1 is 1.22 bits per heavy atom. The van der Waals surface area contributed by atoms with Crippen LogP contribution in [0.5, 0.6) is 0 Å². The van der Waals surface area contributed by atoms with E-state index >= 15 is 0 Å². The van der Waals surface area contributed by atoms with Gasteiger partial charge in [0.15, 0.2) is 0 Å². The first-order valence-electron chi connectivity index (χ1n) is 11.3. The molecule has 0 bridgehead atoms. The minimum atomic E-state index is -0.892. The summed E-state index contributed by atoms with van der Waals surface area (Å²) in [5, 5.41) is 0.340. The minimum absolute atomic E-state index is 0.0219. The van der Waals surface area contributed by atoms with E-state index in [1.54, 1.807) is 18.3 Å². The summed E-state index contributed by atoms with van der Waals surface area (Å²) >= 11 is 6.45. The van der Waals surface area contributed by atoms with E-state index in [0.29, 0.717) is 56.2 Å². The number of rotatable bonds is 4. The van der Waals surface area contributed by atoms with Gasteiger partial charge in [-0.2, -0.15) is 0 Å². The van der Waals surface area contributed by atoms with Gasteiger partial charge in [-0.25, -0.2) is 4.39 Å². The molecule has 5 rings (SSSR count). The number of halogens is 2. The summed E-state index contributed by atoms with van der Waals surface area (Å²) in [6, 6.07) is 8.75. The summed E-state index contributed by atoms with van der Waals surface area (Å²) in [6.45, 7) is 2.12. The highest BCUT2D eigenvalue weighted by Crippen LogP contribution is 2.46. The summed E-state index contributed by atoms with van der Waals surface area (Å²) < 4.78 is 22.9. The van der Waals surface area contributed by atoms with Crippen molar-refractivity contribution in [3.63, 3.8) is 0 Å². The molecule has 1 unspecified atom stereocenters. The van der Waals surface area contributed by atoms with Crippen molar-refractivity contribution >= 4 is 23.0 Å². The second-order valence-electron chi connectivity index (χ2n) is 8.96. The number of aromatic nitrogens is 2. The molecule has 3 heterocycles. The van der Waals surface area contributed by atoms with Crippen molar-refractivity contribution in [3.8, 4) is 0 Å². The van der Waals surface area contributed by atoms with Crippen molar-refractivity contribution in [1.82, 2.24) is 14.3 Å². The van der Waals surface area contributed by atoms with Crippen LogP contribution in [0.3, 0.4) is 0 Å². The summed E-state index contributed by atoms with van der Waals surface area (Å²) in [7, 11) is 0. The van der Waals surface area contributed by atoms with Crippen LogP contribution in [0.4, 0.5) is 4.39 Å². The van der Waals surface area contributed by atoms with Gasteiger partial charge in [0, 0.05) is 48.2 Å². The number of hydrogen-bond donors (Lipinski definition) is 0. The molecule has 0 radical (unpaired) electrons. The van der Waals surface area contributed by atoms with E-state index in [4.69, 9.17) is 16.3 Å². The van der Waals surface area contributed by atoms with E-state index in [1.807, 2.05) is 23.4 Å². The zero-order valence-electron chi connectivity index (χ0n) is 18.0. The Morgan fingerprint density at radius 3 is 2.88 bits per heavy atom. The lowest BCUT2D eigenvalue weighted by molar-refractivity contribution is -0.138. The Bertz CT molecular complexity index is 1110. The predicted molar refractivity (Wildman–Crippen MR) is 121 cm³/mol. The molecule has 1 amide bonds. The van der Waals surface area contributed by atoms with Crippen LogP contribution in [0.25, 0.3) is 5.52 Å². The highest BCUT2D eigenvalue weighted by atomic mass is 35.5. The second kappa shape index (κ2) is 8.83. The molecule has 1 saturated heterocycles. The maximum Gasteiger partial charge on any atom is 0.233 e. The second-order valence-corrected chi connectivity index (χ2v) is 9.36. The van der Waals surface area contributed by atoms with Crippen molar-refractivity contribution in [2.24, 2.45) is 5.92 Å². The molecule has 0 spiro atoms. The molecule has 1 aromatic carbocycles. The average molecular weight is 456 g/mol. The number of carbonyl (C=O) groups is 1. The number of benzene rings is 1. The lowest BCUT2D eigenvalue weighted by atomic mass is 9.77. The van der Waals surface area contributed by atoms with Gasteiger partial charge in [0.2, 0.25) is 5.91 Å². The maximum atomic E-state index is 14.9. The first-order chi connectivity index (χ1) is 15.6. The first kappa shape index (κ1) is 21.4. The third kappa shape index (κ3) is 3.80. The minimum Gasteiger partial charge on any atom is -0.379 e. The fraction of sp³-hybridized carbons (Fsp3) is 0.440. The van der Waals surface area contributed by atoms with Gasteiger partial charge in [0.05, 0.1) is 29.8 Å². The smallest absolute Gasteiger partial charge is 0.233 e. The van der Waals surface area contributed by atoms with E-state index in [9.17, 15) is 9.18 Å². The third-order valence-electron chi connectivity index (χ3n) is 6.95. The summed E-state index contributed by atoms with van der Waals surface area (Å²) in [5.74, 6) is -0.296. The van der Waals surface area contributed by atoms with Gasteiger partial charge in [0.1, 0.15) is 5.82 Å². The highest BCUT2D eigenvalue weighted by molar-refractivity contribution is 6.31. The van der Waals surface area contributed by atoms with E-state index < -0.39 is 5.41 Å². The Labute approximate surface area is 192 Å². The maximum absolute atomic E-state index is 14.9. The molecule has 2 aliphatic rings. The lowest BCUT2D eigenvalue weighted by Gasteiger charge is -2.36. The Balaban J connectivity index is 1.43. The van der Waals surface area contributed by atoms with Gasteiger partial charge in [-0.3, -0.25) is 9.78 Å². The molecule has 168 valence electrons. The molecule has 32 heavy (non-hydrogen) atoms. The fourth-order valence-corrected chi connectivity index (χ4v) is 5.80. The van der Waals surface area contributed by atoms with E-state index in [0.717, 1.165) is 24.1 Å². The average Bonchev–Trinajstić information content (AvgIpc) is 3.41. The van der Waals surface area contributed by atoms with Crippen LogP contribution >= 0.6 is 11.6 Å². The van der Waals surface area contributed by atoms with Crippen molar-refractivity contribution < 1.29 is 13.9 Å². The van der Waals surface area contributed by atoms with E-state index in [-0.39, 0.29) is 17.6 Å². The molecule has 1 saturated carbocycles. The van der Waals surface area contributed by atoms with Crippen molar-refractivity contribution in [3.05, 3.63) is 71.0 Å². The van der Waals surface area contributed by atoms with Gasteiger partial charge in [-0.05, 0) is 43.5 Å². The largest absolute Gasteiger partial charge is 0.379 e. The van der Waals surface area contributed by atoms with E-state index in [1.165, 1.54) is 6.07 Å². The number of ether oxygens (including phenoxy) is 1. The molecule has 0 N–H and O–H groups in total. The normalized spacial score (nSPS) is 21.1. The molecule has 7 heteroatoms. The third-order valence-corrected chi connectivity index (χ3v) is 7.26. The molecular formula is C25H27ClFN3O2. The molecule has 2 fully saturated rings. The Kier molecular flexibility index (Phi) is 5.91. The van der Waals surface area contributed by atoms with Crippen LogP contribution in [-0.4, -0.2) is 46.5 Å². The molecular weight excluding hydrogens is 429 g/mol. The topological polar surface area (TPSA) is 46.8 Å². The van der Waals surface area contributed by atoms with Gasteiger partial charge >= 0.3 is 0 Å². The fourth-order valence-electron chi connectivity index (χ4n) is 5.46. The quantitative estimate of drug-likeness (QED) is 0.575. The van der Waals surface area contributed by atoms with Crippen LogP contribution in [0.2, 0.25) is 5.02 Å². The number of carbonyl (C=O) groups excluding carboxylic acids is 1. The Morgan fingerprint density at radius 2 is 2.06 bits per heavy atom. The molecule has 5 nitrogen and oxygen atoms in total. The van der Waals surface area contributed by atoms with Crippen LogP contribution in [0.15, 0.2) is 48.9 Å². The van der Waals surface area contributed by atoms with Gasteiger partial charge < -0.3 is 14.0 Å². The summed E-state index contributed by atoms with van der Waals surface area (Å²) in [4.78, 5) is 20.4. The number of nitrogens with zero attached hydrogens (tertiary/aromatic N) is 3. The number of fused-ring (bicyclic) bond motifs is 1. The zero-order valence-corrected chi connectivity index (χ0v) is 18.7. The van der Waals surface area contributed by atoms with Crippen molar-refractivity contribution in [2.75, 3.05) is 26.3 Å². The van der Waals surface area contributed by atoms with Gasteiger partial charge in [-0.15, -0.1) is 0 Å². The zero-order chi connectivity index (χ0) is 22.1. The Hall–Kier alpha value is -2.44. The molecule has 3 aromatic rings. The number of amides is 1. The molecule has 1 atom stereocenters. The van der Waals surface area contributed by atoms with Crippen LogP contribution in [0.1, 0.15) is 36.9 Å². The first-order valence-corrected chi connectivity index (χ1v) is 11.7. The van der Waals surface area contributed by atoms with Crippen LogP contribution in [-0.2, 0) is 21.4 Å². The summed E-state index contributed by atoms with van der Waals surface area (Å²) in [5.41, 5.74) is 1.54. The van der Waals surface area contributed by atoms with E-state index in [2.05, 4.69) is 15.5 Å². The molecule has 2 aromatic heterocycles. The number of hydrogen-bond acceptors (Lipinski definition) is 3. The van der Waals surface area contributed by atoms with Gasteiger partial charge in [-0.1, -0.05) is 30.5 Å². The van der Waals surface area contributed by atoms with Crippen molar-refractivity contribution in [2.45, 2.75) is 37.5 Å². The highest BCUT2D eigenvalue weighted by Gasteiger charge is 2.48. The standard InChI is InChI=1S/C25H27ClFN3O2/c26-19-5-3-6-20(27)23(19)25(8-1-2-9-25)24(31)30-13-14-32-17-18(16-30)15-21-22-7-4-11-29(22)12-10-28-21/h3-7,10-12,18H,1-2,8-9,13-17H2. The molecule has 1 aliphatic heterocycles. The van der Waals surface area contributed by atoms with Crippen molar-refractivity contribution in [1.29, 1.82) is 0 Å². The van der Waals surface area contributed by atoms with Gasteiger partial charge in [0.25, 0.3) is 0 Å². The lowest BCUT2D eigenvalue weighted by Crippen LogP contribution is -2.48. The molecule has 1 aliphatic carbocycles.